The molecule has 6 atom stereocenters. The lowest BCUT2D eigenvalue weighted by molar-refractivity contribution is -0.305. The van der Waals surface area contributed by atoms with E-state index in [-0.39, 0.29) is 19.2 Å². The number of unbranched alkanes of at least 4 members (excludes halogenated alkanes) is 26. The van der Waals surface area contributed by atoms with Crippen molar-refractivity contribution in [2.75, 3.05) is 26.4 Å². The van der Waals surface area contributed by atoms with Crippen molar-refractivity contribution in [1.82, 2.24) is 0 Å². The number of hydrogen-bond acceptors (Lipinski definition) is 9. The van der Waals surface area contributed by atoms with Crippen molar-refractivity contribution in [3.05, 3.63) is 48.6 Å². The van der Waals surface area contributed by atoms with Crippen LogP contribution in [0.2, 0.25) is 0 Å². The molecule has 0 aromatic carbocycles. The summed E-state index contributed by atoms with van der Waals surface area (Å²) in [5.74, 6) is -0.317. The first-order valence-electron chi connectivity index (χ1n) is 26.2. The molecule has 0 aromatic rings. The molecule has 1 saturated heterocycles. The van der Waals surface area contributed by atoms with Gasteiger partial charge in [-0.3, -0.25) is 4.79 Å². The summed E-state index contributed by atoms with van der Waals surface area (Å²) in [7, 11) is 0. The Morgan fingerprint density at radius 2 is 0.968 bits per heavy atom. The zero-order valence-electron chi connectivity index (χ0n) is 40.6. The Labute approximate surface area is 386 Å². The Bertz CT molecular complexity index is 1100. The minimum absolute atomic E-state index is 0.120. The van der Waals surface area contributed by atoms with Gasteiger partial charge in [0.15, 0.2) is 6.29 Å². The molecule has 0 aromatic heterocycles. The van der Waals surface area contributed by atoms with Crippen LogP contribution in [-0.4, -0.2) is 89.6 Å². The molecule has 1 heterocycles. The third-order valence-corrected chi connectivity index (χ3v) is 12.0. The Morgan fingerprint density at radius 1 is 0.524 bits per heavy atom. The van der Waals surface area contributed by atoms with Crippen LogP contribution in [-0.2, 0) is 23.7 Å². The summed E-state index contributed by atoms with van der Waals surface area (Å²) in [6, 6.07) is 0. The van der Waals surface area contributed by atoms with Crippen molar-refractivity contribution in [1.29, 1.82) is 0 Å². The van der Waals surface area contributed by atoms with E-state index < -0.39 is 43.4 Å². The maximum absolute atomic E-state index is 12.8. The van der Waals surface area contributed by atoms with Gasteiger partial charge in [0.05, 0.1) is 19.8 Å². The van der Waals surface area contributed by atoms with E-state index in [4.69, 9.17) is 18.9 Å². The van der Waals surface area contributed by atoms with Gasteiger partial charge in [-0.15, -0.1) is 0 Å². The summed E-state index contributed by atoms with van der Waals surface area (Å²) < 4.78 is 22.9. The number of allylic oxidation sites excluding steroid dienone is 8. The van der Waals surface area contributed by atoms with Crippen LogP contribution in [0.25, 0.3) is 0 Å². The summed E-state index contributed by atoms with van der Waals surface area (Å²) in [6.45, 7) is 4.43. The summed E-state index contributed by atoms with van der Waals surface area (Å²) in [5, 5.41) is 40.3. The van der Waals surface area contributed by atoms with Crippen LogP contribution >= 0.6 is 0 Å². The van der Waals surface area contributed by atoms with E-state index in [9.17, 15) is 25.2 Å². The van der Waals surface area contributed by atoms with Gasteiger partial charge in [0.1, 0.15) is 30.5 Å². The van der Waals surface area contributed by atoms with Gasteiger partial charge in [-0.1, -0.05) is 217 Å². The van der Waals surface area contributed by atoms with Crippen LogP contribution < -0.4 is 0 Å². The Balaban J connectivity index is 2.20. The Kier molecular flexibility index (Phi) is 42.6. The van der Waals surface area contributed by atoms with Crippen LogP contribution in [0.3, 0.4) is 0 Å². The molecule has 1 aliphatic rings. The molecule has 0 radical (unpaired) electrons. The molecule has 1 aliphatic heterocycles. The van der Waals surface area contributed by atoms with Crippen molar-refractivity contribution < 1.29 is 44.2 Å². The first kappa shape index (κ1) is 59.2. The van der Waals surface area contributed by atoms with Crippen molar-refractivity contribution in [2.45, 2.75) is 263 Å². The molecule has 0 aliphatic carbocycles. The smallest absolute Gasteiger partial charge is 0.306 e. The van der Waals surface area contributed by atoms with Crippen LogP contribution in [0.5, 0.6) is 0 Å². The molecule has 0 spiro atoms. The molecule has 0 saturated carbocycles. The highest BCUT2D eigenvalue weighted by atomic mass is 16.7. The van der Waals surface area contributed by atoms with E-state index in [0.717, 1.165) is 70.6 Å². The molecule has 0 amide bonds. The highest BCUT2D eigenvalue weighted by Crippen LogP contribution is 2.23. The van der Waals surface area contributed by atoms with E-state index in [1.165, 1.54) is 135 Å². The van der Waals surface area contributed by atoms with Crippen molar-refractivity contribution in [3.63, 3.8) is 0 Å². The summed E-state index contributed by atoms with van der Waals surface area (Å²) in [4.78, 5) is 12.8. The molecule has 1 fully saturated rings. The van der Waals surface area contributed by atoms with Crippen LogP contribution in [0.15, 0.2) is 48.6 Å². The second-order valence-electron chi connectivity index (χ2n) is 17.9. The van der Waals surface area contributed by atoms with Gasteiger partial charge in [-0.25, -0.2) is 0 Å². The van der Waals surface area contributed by atoms with Crippen LogP contribution in [0.1, 0.15) is 226 Å². The predicted molar refractivity (Wildman–Crippen MR) is 261 cm³/mol. The molecule has 63 heavy (non-hydrogen) atoms. The number of carbonyl (C=O) groups is 1. The normalized spacial score (nSPS) is 20.0. The Morgan fingerprint density at radius 3 is 1.46 bits per heavy atom. The van der Waals surface area contributed by atoms with Gasteiger partial charge in [0.2, 0.25) is 0 Å². The number of carbonyl (C=O) groups excluding carboxylic acids is 1. The number of rotatable bonds is 45. The zero-order chi connectivity index (χ0) is 45.7. The molecule has 4 N–H and O–H groups in total. The van der Waals surface area contributed by atoms with E-state index in [1.54, 1.807) is 0 Å². The number of hydrogen-bond donors (Lipinski definition) is 4. The van der Waals surface area contributed by atoms with Gasteiger partial charge in [0.25, 0.3) is 0 Å². The predicted octanol–water partition coefficient (Wildman–Crippen LogP) is 12.9. The molecule has 6 unspecified atom stereocenters. The lowest BCUT2D eigenvalue weighted by Gasteiger charge is -2.39. The minimum Gasteiger partial charge on any atom is -0.457 e. The summed E-state index contributed by atoms with van der Waals surface area (Å²) >= 11 is 0. The van der Waals surface area contributed by atoms with Crippen molar-refractivity contribution in [3.8, 4) is 0 Å². The fraction of sp³-hybridized carbons (Fsp3) is 0.833. The van der Waals surface area contributed by atoms with Crippen molar-refractivity contribution in [2.24, 2.45) is 0 Å². The molecule has 0 bridgehead atoms. The maximum atomic E-state index is 12.8. The van der Waals surface area contributed by atoms with Gasteiger partial charge >= 0.3 is 5.97 Å². The zero-order valence-corrected chi connectivity index (χ0v) is 40.6. The standard InChI is InChI=1S/C54H98O9/c1-3-5-7-9-11-13-15-17-19-21-23-24-25-26-27-29-31-33-35-37-39-41-43-50(56)62-48(47-61-54-53(59)52(58)51(57)49(45-55)63-54)46-60-44-42-40-38-36-34-32-30-28-22-20-18-16-14-12-10-8-6-4-2/h6,8,12,14,18,20,28,30,48-49,51-55,57-59H,3-5,7,9-11,13,15-17,19,21-27,29,31-47H2,1-2H3/b8-6-,14-12-,20-18-,30-28-. The molecule has 1 rings (SSSR count). The average Bonchev–Trinajstić information content (AvgIpc) is 3.28. The van der Waals surface area contributed by atoms with E-state index in [1.807, 2.05) is 0 Å². The van der Waals surface area contributed by atoms with E-state index in [2.05, 4.69) is 62.5 Å². The van der Waals surface area contributed by atoms with Crippen molar-refractivity contribution >= 4 is 5.97 Å². The SMILES string of the molecule is CC/C=C\C/C=C\C/C=C\C/C=C\CCCCCCCOCC(COC1OC(CO)C(O)C(O)C1O)OC(=O)CCCCCCCCCCCCCCCCCCCCCCCC. The quantitative estimate of drug-likeness (QED) is 0.0268. The molecule has 9 nitrogen and oxygen atoms in total. The van der Waals surface area contributed by atoms with E-state index >= 15 is 0 Å². The van der Waals surface area contributed by atoms with Gasteiger partial charge in [-0.2, -0.15) is 0 Å². The Hall–Kier alpha value is -1.85. The van der Waals surface area contributed by atoms with Gasteiger partial charge < -0.3 is 39.4 Å². The third-order valence-electron chi connectivity index (χ3n) is 12.0. The highest BCUT2D eigenvalue weighted by molar-refractivity contribution is 5.69. The lowest BCUT2D eigenvalue weighted by atomic mass is 9.99. The largest absolute Gasteiger partial charge is 0.457 e. The first-order chi connectivity index (χ1) is 30.9. The number of ether oxygens (including phenoxy) is 4. The lowest BCUT2D eigenvalue weighted by Crippen LogP contribution is -2.59. The third kappa shape index (κ3) is 36.0. The topological polar surface area (TPSA) is 135 Å². The number of aliphatic hydroxyl groups is 4. The number of esters is 1. The van der Waals surface area contributed by atoms with Gasteiger partial charge in [0, 0.05) is 13.0 Å². The maximum Gasteiger partial charge on any atom is 0.306 e. The molecule has 9 heteroatoms. The number of aliphatic hydroxyl groups excluding tert-OH is 4. The van der Waals surface area contributed by atoms with Crippen LogP contribution in [0.4, 0.5) is 0 Å². The highest BCUT2D eigenvalue weighted by Gasteiger charge is 2.44. The van der Waals surface area contributed by atoms with Crippen LogP contribution in [0, 0.1) is 0 Å². The molecular formula is C54H98O9. The summed E-state index contributed by atoms with van der Waals surface area (Å²) in [5.41, 5.74) is 0. The summed E-state index contributed by atoms with van der Waals surface area (Å²) in [6.07, 6.45) is 50.1. The first-order valence-corrected chi connectivity index (χ1v) is 26.2. The fourth-order valence-corrected chi connectivity index (χ4v) is 7.96. The van der Waals surface area contributed by atoms with Gasteiger partial charge in [-0.05, 0) is 51.4 Å². The molecular weight excluding hydrogens is 793 g/mol. The average molecular weight is 891 g/mol. The molecule has 368 valence electrons. The monoisotopic (exact) mass is 891 g/mol. The second kappa shape index (κ2) is 45.3. The fourth-order valence-electron chi connectivity index (χ4n) is 7.96. The second-order valence-corrected chi connectivity index (χ2v) is 17.9. The van der Waals surface area contributed by atoms with E-state index in [0.29, 0.717) is 13.0 Å². The minimum atomic E-state index is -1.54.